The molecule has 6 aromatic rings. The van der Waals surface area contributed by atoms with Gasteiger partial charge in [0.25, 0.3) is 5.91 Å². The van der Waals surface area contributed by atoms with Crippen LogP contribution in [0.15, 0.2) is 63.7 Å². The summed E-state index contributed by atoms with van der Waals surface area (Å²) in [6, 6.07) is 13.8. The Labute approximate surface area is 245 Å². The van der Waals surface area contributed by atoms with Gasteiger partial charge in [0.05, 0.1) is 39.6 Å². The Morgan fingerprint density at radius 2 is 1.95 bits per heavy atom. The fourth-order valence-corrected chi connectivity index (χ4v) is 6.33. The molecule has 2 aromatic carbocycles. The van der Waals surface area contributed by atoms with Crippen LogP contribution in [0.2, 0.25) is 0 Å². The van der Waals surface area contributed by atoms with E-state index < -0.39 is 15.9 Å². The van der Waals surface area contributed by atoms with Crippen molar-refractivity contribution in [3.63, 3.8) is 0 Å². The molecule has 12 heteroatoms. The maximum Gasteiger partial charge on any atom is 0.255 e. The Hall–Kier alpha value is -4.97. The normalized spacial score (nSPS) is 12.8. The molecule has 0 bridgehead atoms. The first-order valence-electron chi connectivity index (χ1n) is 13.7. The second-order valence-corrected chi connectivity index (χ2v) is 12.4. The van der Waals surface area contributed by atoms with E-state index in [0.717, 1.165) is 16.8 Å². The number of nitrogens with zero attached hydrogens (tertiary/aromatic N) is 3. The quantitative estimate of drug-likeness (QED) is 0.244. The third-order valence-electron chi connectivity index (χ3n) is 7.88. The summed E-state index contributed by atoms with van der Waals surface area (Å²) in [5.41, 5.74) is 5.93. The van der Waals surface area contributed by atoms with Gasteiger partial charge in [-0.05, 0) is 56.2 Å². The lowest BCUT2D eigenvalue weighted by Crippen LogP contribution is -2.18. The lowest BCUT2D eigenvalue weighted by Gasteiger charge is -2.20. The van der Waals surface area contributed by atoms with Gasteiger partial charge in [-0.1, -0.05) is 17.3 Å². The number of aryl methyl sites for hydroxylation is 3. The van der Waals surface area contributed by atoms with Gasteiger partial charge in [-0.3, -0.25) is 9.52 Å². The van der Waals surface area contributed by atoms with Gasteiger partial charge >= 0.3 is 0 Å². The third-order valence-corrected chi connectivity index (χ3v) is 9.18. The number of sulfonamides is 1. The first kappa shape index (κ1) is 26.9. The van der Waals surface area contributed by atoms with Crippen molar-refractivity contribution in [3.8, 4) is 34.1 Å². The smallest absolute Gasteiger partial charge is 0.255 e. The van der Waals surface area contributed by atoms with E-state index in [1.807, 2.05) is 22.8 Å². The van der Waals surface area contributed by atoms with Gasteiger partial charge in [-0.15, -0.1) is 0 Å². The van der Waals surface area contributed by atoms with Crippen LogP contribution in [-0.2, 0) is 23.0 Å². The van der Waals surface area contributed by atoms with Crippen LogP contribution in [0.5, 0.6) is 0 Å². The number of halogens is 1. The van der Waals surface area contributed by atoms with Crippen molar-refractivity contribution < 1.29 is 26.5 Å². The predicted molar refractivity (Wildman–Crippen MR) is 161 cm³/mol. The van der Waals surface area contributed by atoms with Crippen molar-refractivity contribution in [3.05, 3.63) is 77.3 Å². The van der Waals surface area contributed by atoms with Crippen molar-refractivity contribution in [2.24, 2.45) is 0 Å². The van der Waals surface area contributed by atoms with Crippen molar-refractivity contribution in [2.75, 3.05) is 17.5 Å². The van der Waals surface area contributed by atoms with Crippen molar-refractivity contribution in [1.82, 2.24) is 20.0 Å². The molecule has 0 saturated carbocycles. The van der Waals surface area contributed by atoms with Crippen LogP contribution in [-0.4, -0.2) is 41.8 Å². The SMILES string of the molecule is CCS(=O)(=O)Nc1cc2oc(-c3nocc3C)c(C(=O)NC)c2cc1-c1ccc2c(n1)-c1cc3c(F)cccc3n1CC2. The second-order valence-electron chi connectivity index (χ2n) is 10.4. The number of aromatic nitrogens is 3. The van der Waals surface area contributed by atoms with Crippen LogP contribution in [0, 0.1) is 12.7 Å². The van der Waals surface area contributed by atoms with E-state index in [2.05, 4.69) is 15.2 Å². The molecule has 0 saturated heterocycles. The van der Waals surface area contributed by atoms with Gasteiger partial charge in [0.2, 0.25) is 10.0 Å². The maximum atomic E-state index is 14.7. The Bertz CT molecular complexity index is 2210. The topological polar surface area (TPSA) is 132 Å². The summed E-state index contributed by atoms with van der Waals surface area (Å²) < 4.78 is 56.2. The molecule has 0 unspecified atom stereocenters. The summed E-state index contributed by atoms with van der Waals surface area (Å²) in [6.45, 7) is 4.00. The number of carbonyl (C=O) groups is 1. The molecule has 10 nitrogen and oxygen atoms in total. The Morgan fingerprint density at radius 1 is 1.12 bits per heavy atom. The average molecular weight is 600 g/mol. The number of furan rings is 1. The van der Waals surface area contributed by atoms with Crippen molar-refractivity contribution in [2.45, 2.75) is 26.8 Å². The van der Waals surface area contributed by atoms with E-state index in [1.54, 1.807) is 31.2 Å². The highest BCUT2D eigenvalue weighted by Gasteiger charge is 2.28. The molecule has 0 aliphatic carbocycles. The number of hydrogen-bond acceptors (Lipinski definition) is 7. The molecule has 43 heavy (non-hydrogen) atoms. The standard InChI is InChI=1S/C31H26FN5O5S/c1-4-43(39,40)36-23-14-26-20(27(31(38)33-3)30(42-26)28-16(2)15-41-35-28)12-19(23)22-9-8-17-10-11-37-24-7-5-6-21(32)18(24)13-25(37)29(17)34-22/h5-9,12-15,36H,4,10-11H2,1-3H3,(H,33,38). The fourth-order valence-electron chi connectivity index (χ4n) is 5.68. The van der Waals surface area contributed by atoms with Crippen molar-refractivity contribution in [1.29, 1.82) is 0 Å². The molecule has 0 atom stereocenters. The summed E-state index contributed by atoms with van der Waals surface area (Å²) in [7, 11) is -2.19. The van der Waals surface area contributed by atoms with E-state index in [9.17, 15) is 17.6 Å². The monoisotopic (exact) mass is 599 g/mol. The highest BCUT2D eigenvalue weighted by atomic mass is 32.2. The minimum absolute atomic E-state index is 0.154. The number of hydrogen-bond donors (Lipinski definition) is 2. The Morgan fingerprint density at radius 3 is 2.70 bits per heavy atom. The zero-order valence-electron chi connectivity index (χ0n) is 23.5. The van der Waals surface area contributed by atoms with E-state index >= 15 is 0 Å². The Balaban J connectivity index is 1.48. The van der Waals surface area contributed by atoms with Crippen LogP contribution < -0.4 is 10.0 Å². The van der Waals surface area contributed by atoms with Gasteiger partial charge in [0.15, 0.2) is 11.5 Å². The molecular formula is C31H26FN5O5S. The highest BCUT2D eigenvalue weighted by molar-refractivity contribution is 7.92. The van der Waals surface area contributed by atoms with Gasteiger partial charge < -0.3 is 18.8 Å². The van der Waals surface area contributed by atoms with E-state index in [-0.39, 0.29) is 34.2 Å². The summed E-state index contributed by atoms with van der Waals surface area (Å²) in [5.74, 6) is -0.668. The number of fused-ring (bicyclic) bond motifs is 6. The molecule has 2 N–H and O–H groups in total. The lowest BCUT2D eigenvalue weighted by molar-refractivity contribution is 0.0964. The summed E-state index contributed by atoms with van der Waals surface area (Å²) in [4.78, 5) is 18.2. The van der Waals surface area contributed by atoms with E-state index in [1.165, 1.54) is 26.3 Å². The van der Waals surface area contributed by atoms with Crippen LogP contribution in [0.25, 0.3) is 56.0 Å². The van der Waals surface area contributed by atoms with Gasteiger partial charge in [-0.25, -0.2) is 17.8 Å². The molecule has 0 spiro atoms. The van der Waals surface area contributed by atoms with Crippen LogP contribution >= 0.6 is 0 Å². The zero-order chi connectivity index (χ0) is 30.0. The molecule has 7 rings (SSSR count). The number of amides is 1. The van der Waals surface area contributed by atoms with Crippen LogP contribution in [0.4, 0.5) is 10.1 Å². The summed E-state index contributed by atoms with van der Waals surface area (Å²) in [5, 5.41) is 7.64. The molecule has 5 heterocycles. The van der Waals surface area contributed by atoms with Gasteiger partial charge in [0.1, 0.15) is 17.7 Å². The van der Waals surface area contributed by atoms with E-state index in [4.69, 9.17) is 13.9 Å². The van der Waals surface area contributed by atoms with Crippen molar-refractivity contribution >= 4 is 43.5 Å². The third kappa shape index (κ3) is 4.28. The first-order chi connectivity index (χ1) is 20.7. The van der Waals surface area contributed by atoms with Gasteiger partial charge in [0, 0.05) is 41.6 Å². The number of nitrogens with one attached hydrogen (secondary N) is 2. The molecule has 218 valence electrons. The Kier molecular flexibility index (Phi) is 6.13. The number of carbonyl (C=O) groups excluding carboxylic acids is 1. The molecule has 1 aliphatic rings. The maximum absolute atomic E-state index is 14.7. The van der Waals surface area contributed by atoms with Gasteiger partial charge in [-0.2, -0.15) is 0 Å². The zero-order valence-corrected chi connectivity index (χ0v) is 24.3. The van der Waals surface area contributed by atoms with Crippen LogP contribution in [0.1, 0.15) is 28.4 Å². The molecule has 0 fully saturated rings. The molecule has 4 aromatic heterocycles. The summed E-state index contributed by atoms with van der Waals surface area (Å²) in [6.07, 6.45) is 2.15. The highest BCUT2D eigenvalue weighted by Crippen LogP contribution is 2.42. The van der Waals surface area contributed by atoms with E-state index in [0.29, 0.717) is 51.9 Å². The number of anilines is 1. The molecule has 0 radical (unpaired) electrons. The largest absolute Gasteiger partial charge is 0.453 e. The fraction of sp³-hybridized carbons (Fsp3) is 0.194. The minimum Gasteiger partial charge on any atom is -0.453 e. The molecular weight excluding hydrogens is 573 g/mol. The average Bonchev–Trinajstić information content (AvgIpc) is 3.71. The molecule has 1 amide bonds. The first-order valence-corrected chi connectivity index (χ1v) is 15.4. The number of pyridine rings is 1. The molecule has 1 aliphatic heterocycles. The minimum atomic E-state index is -3.71. The second kappa shape index (κ2) is 9.80. The predicted octanol–water partition coefficient (Wildman–Crippen LogP) is 5.90. The summed E-state index contributed by atoms with van der Waals surface area (Å²) >= 11 is 0. The lowest BCUT2D eigenvalue weighted by atomic mass is 9.99. The number of benzene rings is 2. The van der Waals surface area contributed by atoms with Crippen LogP contribution in [0.3, 0.4) is 0 Å². The number of rotatable bonds is 6.